The van der Waals surface area contributed by atoms with Crippen LogP contribution in [-0.2, 0) is 16.0 Å². The lowest BCUT2D eigenvalue weighted by Gasteiger charge is -2.32. The number of halogens is 1. The fourth-order valence-corrected chi connectivity index (χ4v) is 3.31. The summed E-state index contributed by atoms with van der Waals surface area (Å²) in [4.78, 5) is 26.0. The number of benzene rings is 1. The fraction of sp³-hybridized carbons (Fsp3) is 0.556. The van der Waals surface area contributed by atoms with Crippen LogP contribution in [0.25, 0.3) is 0 Å². The molecule has 1 fully saturated rings. The number of likely N-dealkylation sites (tertiary alicyclic amines) is 1. The standard InChI is InChI=1S/C18H25FN2O2S/c1-24-11-3-9-20-18(23)15-6-7-17(22)21(13-15)10-8-14-4-2-5-16(19)12-14/h2,4-5,12,15H,3,6-11,13H2,1H3,(H,20,23). The Labute approximate surface area is 147 Å². The zero-order chi connectivity index (χ0) is 17.4. The highest BCUT2D eigenvalue weighted by Crippen LogP contribution is 2.18. The number of thioether (sulfide) groups is 1. The third kappa shape index (κ3) is 5.82. The first-order valence-electron chi connectivity index (χ1n) is 8.39. The lowest BCUT2D eigenvalue weighted by Crippen LogP contribution is -2.46. The Kier molecular flexibility index (Phi) is 7.56. The highest BCUT2D eigenvalue weighted by molar-refractivity contribution is 7.98. The number of nitrogens with zero attached hydrogens (tertiary/aromatic N) is 1. The van der Waals surface area contributed by atoms with E-state index in [2.05, 4.69) is 5.32 Å². The predicted octanol–water partition coefficient (Wildman–Crippen LogP) is 2.48. The summed E-state index contributed by atoms with van der Waals surface area (Å²) in [6, 6.07) is 6.43. The molecule has 1 atom stereocenters. The highest BCUT2D eigenvalue weighted by Gasteiger charge is 2.29. The maximum Gasteiger partial charge on any atom is 0.224 e. The van der Waals surface area contributed by atoms with Crippen molar-refractivity contribution in [1.82, 2.24) is 10.2 Å². The van der Waals surface area contributed by atoms with Crippen molar-refractivity contribution in [3.8, 4) is 0 Å². The summed E-state index contributed by atoms with van der Waals surface area (Å²) < 4.78 is 13.2. The number of piperidine rings is 1. The molecule has 0 saturated carbocycles. The molecular weight excluding hydrogens is 327 g/mol. The first kappa shape index (κ1) is 18.8. The van der Waals surface area contributed by atoms with Crippen molar-refractivity contribution in [3.05, 3.63) is 35.6 Å². The molecule has 1 aliphatic rings. The Morgan fingerprint density at radius 2 is 2.29 bits per heavy atom. The van der Waals surface area contributed by atoms with Crippen molar-refractivity contribution >= 4 is 23.6 Å². The van der Waals surface area contributed by atoms with Gasteiger partial charge in [-0.3, -0.25) is 9.59 Å². The SMILES string of the molecule is CSCCCNC(=O)C1CCC(=O)N(CCc2cccc(F)c2)C1. The fourth-order valence-electron chi connectivity index (χ4n) is 2.87. The number of carbonyl (C=O) groups excluding carboxylic acids is 2. The average Bonchev–Trinajstić information content (AvgIpc) is 2.58. The third-order valence-corrected chi connectivity index (χ3v) is 4.95. The normalized spacial score (nSPS) is 17.8. The van der Waals surface area contributed by atoms with Gasteiger partial charge in [-0.2, -0.15) is 11.8 Å². The van der Waals surface area contributed by atoms with Gasteiger partial charge in [0.2, 0.25) is 11.8 Å². The molecule has 132 valence electrons. The maximum absolute atomic E-state index is 13.2. The highest BCUT2D eigenvalue weighted by atomic mass is 32.2. The molecule has 0 radical (unpaired) electrons. The van der Waals surface area contributed by atoms with Gasteiger partial charge in [0.15, 0.2) is 0 Å². The van der Waals surface area contributed by atoms with Crippen molar-refractivity contribution in [2.24, 2.45) is 5.92 Å². The molecule has 1 unspecified atom stereocenters. The van der Waals surface area contributed by atoms with E-state index in [4.69, 9.17) is 0 Å². The smallest absolute Gasteiger partial charge is 0.224 e. The molecule has 1 heterocycles. The molecule has 0 bridgehead atoms. The Balaban J connectivity index is 1.81. The van der Waals surface area contributed by atoms with E-state index in [0.717, 1.165) is 17.7 Å². The molecule has 1 aromatic rings. The van der Waals surface area contributed by atoms with Crippen molar-refractivity contribution in [3.63, 3.8) is 0 Å². The van der Waals surface area contributed by atoms with Gasteiger partial charge in [-0.15, -0.1) is 0 Å². The van der Waals surface area contributed by atoms with Crippen LogP contribution in [0.2, 0.25) is 0 Å². The van der Waals surface area contributed by atoms with Gasteiger partial charge in [-0.25, -0.2) is 4.39 Å². The molecule has 0 spiro atoms. The van der Waals surface area contributed by atoms with Crippen molar-refractivity contribution in [2.45, 2.75) is 25.7 Å². The Hall–Kier alpha value is -1.56. The quantitative estimate of drug-likeness (QED) is 0.731. The van der Waals surface area contributed by atoms with Gasteiger partial charge in [-0.1, -0.05) is 12.1 Å². The summed E-state index contributed by atoms with van der Waals surface area (Å²) in [5.41, 5.74) is 0.867. The summed E-state index contributed by atoms with van der Waals surface area (Å²) in [6.07, 6.45) is 4.63. The molecule has 0 aliphatic carbocycles. The van der Waals surface area contributed by atoms with Crippen LogP contribution in [0, 0.1) is 11.7 Å². The van der Waals surface area contributed by atoms with E-state index in [1.165, 1.54) is 12.1 Å². The van der Waals surface area contributed by atoms with Gasteiger partial charge in [0.05, 0.1) is 5.92 Å². The second kappa shape index (κ2) is 9.67. The lowest BCUT2D eigenvalue weighted by atomic mass is 9.96. The lowest BCUT2D eigenvalue weighted by molar-refractivity contribution is -0.138. The molecule has 24 heavy (non-hydrogen) atoms. The second-order valence-electron chi connectivity index (χ2n) is 6.09. The first-order chi connectivity index (χ1) is 11.6. The summed E-state index contributed by atoms with van der Waals surface area (Å²) in [5.74, 6) is 0.755. The number of carbonyl (C=O) groups is 2. The number of nitrogens with one attached hydrogen (secondary N) is 1. The van der Waals surface area contributed by atoms with Gasteiger partial charge in [-0.05, 0) is 49.0 Å². The summed E-state index contributed by atoms with van der Waals surface area (Å²) >= 11 is 1.76. The number of hydrogen-bond acceptors (Lipinski definition) is 3. The van der Waals surface area contributed by atoms with E-state index < -0.39 is 0 Å². The van der Waals surface area contributed by atoms with Crippen LogP contribution in [0.1, 0.15) is 24.8 Å². The van der Waals surface area contributed by atoms with E-state index in [1.54, 1.807) is 22.7 Å². The average molecular weight is 352 g/mol. The van der Waals surface area contributed by atoms with Crippen molar-refractivity contribution in [2.75, 3.05) is 31.6 Å². The van der Waals surface area contributed by atoms with Gasteiger partial charge < -0.3 is 10.2 Å². The molecule has 1 aliphatic heterocycles. The predicted molar refractivity (Wildman–Crippen MR) is 95.4 cm³/mol. The monoisotopic (exact) mass is 352 g/mol. The van der Waals surface area contributed by atoms with Gasteiger partial charge in [0.1, 0.15) is 5.82 Å². The largest absolute Gasteiger partial charge is 0.356 e. The maximum atomic E-state index is 13.2. The summed E-state index contributed by atoms with van der Waals surface area (Å²) in [7, 11) is 0. The topological polar surface area (TPSA) is 49.4 Å². The van der Waals surface area contributed by atoms with E-state index in [9.17, 15) is 14.0 Å². The minimum absolute atomic E-state index is 0.0411. The van der Waals surface area contributed by atoms with Crippen LogP contribution in [0.4, 0.5) is 4.39 Å². The Morgan fingerprint density at radius 3 is 3.04 bits per heavy atom. The number of hydrogen-bond donors (Lipinski definition) is 1. The minimum Gasteiger partial charge on any atom is -0.356 e. The summed E-state index contributed by atoms with van der Waals surface area (Å²) in [6.45, 7) is 1.68. The van der Waals surface area contributed by atoms with Crippen LogP contribution in [0.15, 0.2) is 24.3 Å². The Bertz CT molecular complexity index is 568. The molecule has 2 rings (SSSR count). The molecule has 6 heteroatoms. The number of amides is 2. The molecule has 2 amide bonds. The van der Waals surface area contributed by atoms with E-state index in [0.29, 0.717) is 38.9 Å². The molecule has 1 saturated heterocycles. The zero-order valence-corrected chi connectivity index (χ0v) is 14.9. The van der Waals surface area contributed by atoms with Crippen LogP contribution in [0.5, 0.6) is 0 Å². The van der Waals surface area contributed by atoms with Crippen LogP contribution < -0.4 is 5.32 Å². The number of rotatable bonds is 8. The zero-order valence-electron chi connectivity index (χ0n) is 14.1. The van der Waals surface area contributed by atoms with E-state index >= 15 is 0 Å². The van der Waals surface area contributed by atoms with E-state index in [-0.39, 0.29) is 23.5 Å². The van der Waals surface area contributed by atoms with Gasteiger partial charge in [0.25, 0.3) is 0 Å². The molecule has 4 nitrogen and oxygen atoms in total. The van der Waals surface area contributed by atoms with Crippen LogP contribution in [-0.4, -0.2) is 48.4 Å². The van der Waals surface area contributed by atoms with Crippen LogP contribution in [0.3, 0.4) is 0 Å². The third-order valence-electron chi connectivity index (χ3n) is 4.25. The van der Waals surface area contributed by atoms with Gasteiger partial charge in [0, 0.05) is 26.1 Å². The first-order valence-corrected chi connectivity index (χ1v) is 9.78. The summed E-state index contributed by atoms with van der Waals surface area (Å²) in [5, 5.41) is 2.96. The van der Waals surface area contributed by atoms with Crippen LogP contribution >= 0.6 is 11.8 Å². The van der Waals surface area contributed by atoms with E-state index in [1.807, 2.05) is 12.3 Å². The molecule has 1 N–H and O–H groups in total. The molecule has 1 aromatic carbocycles. The minimum atomic E-state index is -0.264. The van der Waals surface area contributed by atoms with Crippen molar-refractivity contribution < 1.29 is 14.0 Å². The van der Waals surface area contributed by atoms with Crippen molar-refractivity contribution in [1.29, 1.82) is 0 Å². The van der Waals surface area contributed by atoms with Gasteiger partial charge >= 0.3 is 0 Å². The molecular formula is C18H25FN2O2S. The second-order valence-corrected chi connectivity index (χ2v) is 7.08. The Morgan fingerprint density at radius 1 is 1.46 bits per heavy atom. The molecule has 0 aromatic heterocycles.